The molecule has 0 amide bonds. The van der Waals surface area contributed by atoms with Crippen LogP contribution in [-0.2, 0) is 0 Å². The van der Waals surface area contributed by atoms with Crippen LogP contribution in [0.4, 0.5) is 0 Å². The van der Waals surface area contributed by atoms with Gasteiger partial charge in [0.25, 0.3) is 5.56 Å². The largest absolute Gasteiger partial charge is 0.298 e. The van der Waals surface area contributed by atoms with Crippen molar-refractivity contribution in [1.82, 2.24) is 9.38 Å². The van der Waals surface area contributed by atoms with Crippen LogP contribution in [0.25, 0.3) is 16.9 Å². The summed E-state index contributed by atoms with van der Waals surface area (Å²) in [6, 6.07) is 13.9. The molecule has 4 heteroatoms. The molecule has 1 aromatic carbocycles. The zero-order chi connectivity index (χ0) is 13.2. The van der Waals surface area contributed by atoms with E-state index in [2.05, 4.69) is 4.98 Å². The van der Waals surface area contributed by atoms with Crippen molar-refractivity contribution in [2.24, 2.45) is 0 Å². The van der Waals surface area contributed by atoms with Gasteiger partial charge in [0.2, 0.25) is 0 Å². The molecule has 0 fully saturated rings. The molecule has 92 valence electrons. The van der Waals surface area contributed by atoms with Crippen molar-refractivity contribution in [3.05, 3.63) is 70.6 Å². The highest BCUT2D eigenvalue weighted by molar-refractivity contribution is 5.76. The summed E-state index contributed by atoms with van der Waals surface area (Å²) in [6.07, 6.45) is 2.47. The molecule has 0 aliphatic carbocycles. The summed E-state index contributed by atoms with van der Waals surface area (Å²) in [4.78, 5) is 27.0. The Morgan fingerprint density at radius 2 is 1.84 bits per heavy atom. The first kappa shape index (κ1) is 11.3. The number of carbonyl (C=O) groups excluding carboxylic acids is 1. The minimum absolute atomic E-state index is 0.125. The van der Waals surface area contributed by atoms with Crippen molar-refractivity contribution in [3.8, 4) is 11.3 Å². The Morgan fingerprint density at radius 1 is 1.05 bits per heavy atom. The van der Waals surface area contributed by atoms with Crippen molar-refractivity contribution >= 4 is 11.9 Å². The molecule has 0 unspecified atom stereocenters. The van der Waals surface area contributed by atoms with Gasteiger partial charge >= 0.3 is 0 Å². The standard InChI is InChI=1S/C15H10N2O2/c18-10-11-4-6-12(7-5-11)13-9-15(19)17-8-2-1-3-14(17)16-13/h1-10H. The Kier molecular flexibility index (Phi) is 2.68. The summed E-state index contributed by atoms with van der Waals surface area (Å²) < 4.78 is 1.49. The van der Waals surface area contributed by atoms with Crippen LogP contribution in [0.3, 0.4) is 0 Å². The molecule has 4 nitrogen and oxygen atoms in total. The van der Waals surface area contributed by atoms with Gasteiger partial charge in [-0.1, -0.05) is 30.3 Å². The Hall–Kier alpha value is -2.75. The molecule has 0 aliphatic rings. The van der Waals surface area contributed by atoms with Crippen LogP contribution in [0, 0.1) is 0 Å². The quantitative estimate of drug-likeness (QED) is 0.655. The number of nitrogens with zero attached hydrogens (tertiary/aromatic N) is 2. The lowest BCUT2D eigenvalue weighted by Crippen LogP contribution is -2.13. The van der Waals surface area contributed by atoms with Crippen molar-refractivity contribution in [3.63, 3.8) is 0 Å². The van der Waals surface area contributed by atoms with Gasteiger partial charge in [-0.3, -0.25) is 14.0 Å². The lowest BCUT2D eigenvalue weighted by molar-refractivity contribution is 0.112. The number of fused-ring (bicyclic) bond motifs is 1. The van der Waals surface area contributed by atoms with Gasteiger partial charge in [0.05, 0.1) is 5.69 Å². The Labute approximate surface area is 109 Å². The Bertz CT molecular complexity index is 804. The summed E-state index contributed by atoms with van der Waals surface area (Å²) in [5, 5.41) is 0. The van der Waals surface area contributed by atoms with Crippen LogP contribution in [0.15, 0.2) is 59.5 Å². The third kappa shape index (κ3) is 2.04. The molecule has 3 rings (SSSR count). The summed E-state index contributed by atoms with van der Waals surface area (Å²) in [7, 11) is 0. The highest BCUT2D eigenvalue weighted by Crippen LogP contribution is 2.16. The topological polar surface area (TPSA) is 51.4 Å². The number of aldehydes is 1. The Morgan fingerprint density at radius 3 is 2.58 bits per heavy atom. The molecule has 2 aromatic heterocycles. The molecular weight excluding hydrogens is 240 g/mol. The van der Waals surface area contributed by atoms with E-state index < -0.39 is 0 Å². The zero-order valence-corrected chi connectivity index (χ0v) is 9.98. The molecule has 2 heterocycles. The van der Waals surface area contributed by atoms with Gasteiger partial charge in [0, 0.05) is 23.4 Å². The molecule has 0 aliphatic heterocycles. The van der Waals surface area contributed by atoms with Crippen LogP contribution < -0.4 is 5.56 Å². The van der Waals surface area contributed by atoms with E-state index in [-0.39, 0.29) is 5.56 Å². The minimum atomic E-state index is -0.125. The van der Waals surface area contributed by atoms with Crippen molar-refractivity contribution in [2.45, 2.75) is 0 Å². The Balaban J connectivity index is 2.19. The van der Waals surface area contributed by atoms with Gasteiger partial charge in [-0.2, -0.15) is 0 Å². The fourth-order valence-electron chi connectivity index (χ4n) is 1.93. The van der Waals surface area contributed by atoms with E-state index in [9.17, 15) is 9.59 Å². The summed E-state index contributed by atoms with van der Waals surface area (Å²) in [6.45, 7) is 0. The van der Waals surface area contributed by atoms with Crippen LogP contribution >= 0.6 is 0 Å². The van der Waals surface area contributed by atoms with Crippen LogP contribution in [0.5, 0.6) is 0 Å². The van der Waals surface area contributed by atoms with E-state index in [4.69, 9.17) is 0 Å². The number of pyridine rings is 1. The molecule has 3 aromatic rings. The number of rotatable bonds is 2. The number of carbonyl (C=O) groups is 1. The van der Waals surface area contributed by atoms with Gasteiger partial charge in [-0.05, 0) is 12.1 Å². The minimum Gasteiger partial charge on any atom is -0.298 e. The number of benzene rings is 1. The van der Waals surface area contributed by atoms with Crippen LogP contribution in [-0.4, -0.2) is 15.7 Å². The SMILES string of the molecule is O=Cc1ccc(-c2cc(=O)n3ccccc3n2)cc1. The average molecular weight is 250 g/mol. The van der Waals surface area contributed by atoms with Gasteiger partial charge in [-0.25, -0.2) is 4.98 Å². The lowest BCUT2D eigenvalue weighted by Gasteiger charge is -2.04. The van der Waals surface area contributed by atoms with E-state index in [1.165, 1.54) is 10.5 Å². The van der Waals surface area contributed by atoms with Gasteiger partial charge in [-0.15, -0.1) is 0 Å². The smallest absolute Gasteiger partial charge is 0.258 e. The molecule has 19 heavy (non-hydrogen) atoms. The van der Waals surface area contributed by atoms with Gasteiger partial charge in [0.1, 0.15) is 11.9 Å². The maximum Gasteiger partial charge on any atom is 0.258 e. The molecule has 0 atom stereocenters. The highest BCUT2D eigenvalue weighted by atomic mass is 16.1. The van der Waals surface area contributed by atoms with Crippen molar-refractivity contribution in [1.29, 1.82) is 0 Å². The summed E-state index contributed by atoms with van der Waals surface area (Å²) in [5.41, 5.74) is 2.49. The predicted octanol–water partition coefficient (Wildman–Crippen LogP) is 2.17. The number of hydrogen-bond acceptors (Lipinski definition) is 3. The first-order chi connectivity index (χ1) is 9.28. The fourth-order valence-corrected chi connectivity index (χ4v) is 1.93. The third-order valence-electron chi connectivity index (χ3n) is 2.91. The molecular formula is C15H10N2O2. The van der Waals surface area contributed by atoms with E-state index in [1.54, 1.807) is 42.6 Å². The average Bonchev–Trinajstić information content (AvgIpc) is 2.47. The molecule has 0 spiro atoms. The van der Waals surface area contributed by atoms with Crippen molar-refractivity contribution < 1.29 is 4.79 Å². The first-order valence-electron chi connectivity index (χ1n) is 5.82. The lowest BCUT2D eigenvalue weighted by atomic mass is 10.1. The van der Waals surface area contributed by atoms with Crippen molar-refractivity contribution in [2.75, 3.05) is 0 Å². The van der Waals surface area contributed by atoms with Gasteiger partial charge < -0.3 is 0 Å². The number of aromatic nitrogens is 2. The van der Waals surface area contributed by atoms with E-state index in [0.29, 0.717) is 16.9 Å². The normalized spacial score (nSPS) is 10.5. The van der Waals surface area contributed by atoms with E-state index >= 15 is 0 Å². The number of hydrogen-bond donors (Lipinski definition) is 0. The van der Waals surface area contributed by atoms with Gasteiger partial charge in [0.15, 0.2) is 0 Å². The highest BCUT2D eigenvalue weighted by Gasteiger charge is 2.04. The van der Waals surface area contributed by atoms with Crippen LogP contribution in [0.2, 0.25) is 0 Å². The summed E-state index contributed by atoms with van der Waals surface area (Å²) in [5.74, 6) is 0. The van der Waals surface area contributed by atoms with E-state index in [0.717, 1.165) is 11.8 Å². The molecule has 0 bridgehead atoms. The van der Waals surface area contributed by atoms with E-state index in [1.807, 2.05) is 6.07 Å². The second-order valence-electron chi connectivity index (χ2n) is 4.15. The monoisotopic (exact) mass is 250 g/mol. The second kappa shape index (κ2) is 4.49. The maximum atomic E-state index is 12.0. The zero-order valence-electron chi connectivity index (χ0n) is 9.98. The molecule has 0 radical (unpaired) electrons. The predicted molar refractivity (Wildman–Crippen MR) is 72.3 cm³/mol. The molecule has 0 saturated heterocycles. The second-order valence-corrected chi connectivity index (χ2v) is 4.15. The summed E-state index contributed by atoms with van der Waals surface area (Å²) >= 11 is 0. The van der Waals surface area contributed by atoms with Crippen LogP contribution in [0.1, 0.15) is 10.4 Å². The first-order valence-corrected chi connectivity index (χ1v) is 5.82. The fraction of sp³-hybridized carbons (Fsp3) is 0. The molecule has 0 N–H and O–H groups in total. The molecule has 0 saturated carbocycles. The maximum absolute atomic E-state index is 12.0. The third-order valence-corrected chi connectivity index (χ3v) is 2.91.